The van der Waals surface area contributed by atoms with Gasteiger partial charge in [-0.3, -0.25) is 4.79 Å². The second kappa shape index (κ2) is 6.15. The molecule has 21 heavy (non-hydrogen) atoms. The van der Waals surface area contributed by atoms with Crippen molar-refractivity contribution in [2.45, 2.75) is 38.1 Å². The summed E-state index contributed by atoms with van der Waals surface area (Å²) in [7, 11) is 0. The number of nitrogens with zero attached hydrogens (tertiary/aromatic N) is 2. The minimum absolute atomic E-state index is 0.0196. The van der Waals surface area contributed by atoms with E-state index in [9.17, 15) is 14.7 Å². The monoisotopic (exact) mass is 331 g/mol. The molecule has 6 nitrogen and oxygen atoms in total. The number of halogens is 2. The maximum Gasteiger partial charge on any atom is 0.329 e. The molecule has 1 heterocycles. The molecule has 1 aliphatic rings. The van der Waals surface area contributed by atoms with Gasteiger partial charge in [0.1, 0.15) is 5.54 Å². The Morgan fingerprint density at radius 1 is 1.33 bits per heavy atom. The third-order valence-corrected chi connectivity index (χ3v) is 4.32. The number of carboxylic acid groups (broad SMARTS) is 1. The predicted octanol–water partition coefficient (Wildman–Crippen LogP) is 2.55. The molecule has 0 radical (unpaired) electrons. The standard InChI is InChI=1S/C13H15Cl2N3O3/c1-7-2-4-13(5-3-7,12(20)21)16-11(19)8-6-9(14)17-18-10(8)15/h6-7H,2-5H2,1H3,(H,16,19)(H,20,21). The molecule has 1 saturated carbocycles. The van der Waals surface area contributed by atoms with Gasteiger partial charge in [0, 0.05) is 0 Å². The van der Waals surface area contributed by atoms with Crippen molar-refractivity contribution in [2.24, 2.45) is 5.92 Å². The van der Waals surface area contributed by atoms with Crippen LogP contribution in [-0.4, -0.2) is 32.7 Å². The van der Waals surface area contributed by atoms with Gasteiger partial charge >= 0.3 is 5.97 Å². The summed E-state index contributed by atoms with van der Waals surface area (Å²) >= 11 is 11.5. The predicted molar refractivity (Wildman–Crippen MR) is 77.5 cm³/mol. The van der Waals surface area contributed by atoms with Gasteiger partial charge in [-0.1, -0.05) is 30.1 Å². The quantitative estimate of drug-likeness (QED) is 0.887. The van der Waals surface area contributed by atoms with E-state index in [1.807, 2.05) is 0 Å². The summed E-state index contributed by atoms with van der Waals surface area (Å²) in [6.07, 6.45) is 2.27. The Bertz CT molecular complexity index is 572. The first-order valence-electron chi connectivity index (χ1n) is 6.59. The zero-order valence-electron chi connectivity index (χ0n) is 11.4. The van der Waals surface area contributed by atoms with Gasteiger partial charge in [-0.2, -0.15) is 0 Å². The topological polar surface area (TPSA) is 92.2 Å². The number of carbonyl (C=O) groups is 2. The minimum atomic E-state index is -1.26. The Kier molecular flexibility index (Phi) is 4.68. The summed E-state index contributed by atoms with van der Waals surface area (Å²) < 4.78 is 0. The summed E-state index contributed by atoms with van der Waals surface area (Å²) in [5.74, 6) is -1.18. The molecule has 1 aromatic rings. The number of aromatic nitrogens is 2. The molecule has 0 aliphatic heterocycles. The van der Waals surface area contributed by atoms with Crippen LogP contribution in [0.15, 0.2) is 6.07 Å². The van der Waals surface area contributed by atoms with E-state index in [1.165, 1.54) is 6.07 Å². The first-order chi connectivity index (χ1) is 9.84. The summed E-state index contributed by atoms with van der Waals surface area (Å²) in [6, 6.07) is 1.27. The molecule has 1 aliphatic carbocycles. The molecule has 0 aromatic carbocycles. The van der Waals surface area contributed by atoms with Crippen molar-refractivity contribution >= 4 is 35.1 Å². The van der Waals surface area contributed by atoms with Gasteiger partial charge in [-0.25, -0.2) is 4.79 Å². The SMILES string of the molecule is CC1CCC(NC(=O)c2cc(Cl)nnc2Cl)(C(=O)O)CC1. The molecular weight excluding hydrogens is 317 g/mol. The Hall–Kier alpha value is -1.40. The van der Waals surface area contributed by atoms with E-state index < -0.39 is 17.4 Å². The fraction of sp³-hybridized carbons (Fsp3) is 0.538. The summed E-state index contributed by atoms with van der Waals surface area (Å²) in [4.78, 5) is 23.9. The third-order valence-electron chi connectivity index (χ3n) is 3.85. The lowest BCUT2D eigenvalue weighted by Crippen LogP contribution is -2.56. The summed E-state index contributed by atoms with van der Waals surface area (Å²) in [6.45, 7) is 2.07. The summed E-state index contributed by atoms with van der Waals surface area (Å²) in [5, 5.41) is 19.1. The lowest BCUT2D eigenvalue weighted by Gasteiger charge is -2.36. The van der Waals surface area contributed by atoms with Crippen molar-refractivity contribution in [3.8, 4) is 0 Å². The van der Waals surface area contributed by atoms with E-state index in [4.69, 9.17) is 23.2 Å². The first-order valence-corrected chi connectivity index (χ1v) is 7.34. The zero-order valence-corrected chi connectivity index (χ0v) is 12.9. The average molecular weight is 332 g/mol. The van der Waals surface area contributed by atoms with Gasteiger partial charge in [-0.15, -0.1) is 10.2 Å². The number of carbonyl (C=O) groups excluding carboxylic acids is 1. The van der Waals surface area contributed by atoms with Crippen molar-refractivity contribution in [3.05, 3.63) is 21.9 Å². The van der Waals surface area contributed by atoms with Crippen molar-refractivity contribution in [2.75, 3.05) is 0 Å². The van der Waals surface area contributed by atoms with Crippen molar-refractivity contribution in [1.29, 1.82) is 0 Å². The van der Waals surface area contributed by atoms with Gasteiger partial charge in [0.15, 0.2) is 10.3 Å². The minimum Gasteiger partial charge on any atom is -0.480 e. The number of nitrogens with one attached hydrogen (secondary N) is 1. The van der Waals surface area contributed by atoms with Crippen LogP contribution in [0.3, 0.4) is 0 Å². The third kappa shape index (κ3) is 3.44. The molecule has 0 spiro atoms. The number of amides is 1. The molecule has 2 N–H and O–H groups in total. The lowest BCUT2D eigenvalue weighted by molar-refractivity contribution is -0.146. The highest BCUT2D eigenvalue weighted by atomic mass is 35.5. The largest absolute Gasteiger partial charge is 0.480 e. The fourth-order valence-corrected chi connectivity index (χ4v) is 2.77. The van der Waals surface area contributed by atoms with Crippen molar-refractivity contribution in [3.63, 3.8) is 0 Å². The van der Waals surface area contributed by atoms with Crippen LogP contribution in [-0.2, 0) is 4.79 Å². The molecule has 1 amide bonds. The molecular formula is C13H15Cl2N3O3. The molecule has 0 saturated heterocycles. The van der Waals surface area contributed by atoms with E-state index in [-0.39, 0.29) is 15.9 Å². The summed E-state index contributed by atoms with van der Waals surface area (Å²) in [5.41, 5.74) is -1.24. The molecule has 0 bridgehead atoms. The van der Waals surface area contributed by atoms with Crippen LogP contribution < -0.4 is 5.32 Å². The van der Waals surface area contributed by atoms with Crippen molar-refractivity contribution in [1.82, 2.24) is 15.5 Å². The number of rotatable bonds is 3. The Morgan fingerprint density at radius 2 is 1.95 bits per heavy atom. The van der Waals surface area contributed by atoms with Crippen LogP contribution in [0.25, 0.3) is 0 Å². The number of carboxylic acids is 1. The van der Waals surface area contributed by atoms with Gasteiger partial charge < -0.3 is 10.4 Å². The van der Waals surface area contributed by atoms with Crippen LogP contribution in [0.4, 0.5) is 0 Å². The number of aliphatic carboxylic acids is 1. The Balaban J connectivity index is 2.23. The van der Waals surface area contributed by atoms with Crippen LogP contribution in [0.2, 0.25) is 10.3 Å². The highest BCUT2D eigenvalue weighted by Crippen LogP contribution is 2.32. The maximum atomic E-state index is 12.3. The van der Waals surface area contributed by atoms with Gasteiger partial charge in [0.05, 0.1) is 5.56 Å². The van der Waals surface area contributed by atoms with Crippen LogP contribution >= 0.6 is 23.2 Å². The maximum absolute atomic E-state index is 12.3. The van der Waals surface area contributed by atoms with Crippen molar-refractivity contribution < 1.29 is 14.7 Å². The molecule has 0 unspecified atom stereocenters. The molecule has 1 aromatic heterocycles. The van der Waals surface area contributed by atoms with E-state index in [2.05, 4.69) is 22.4 Å². The van der Waals surface area contributed by atoms with Gasteiger partial charge in [-0.05, 0) is 37.7 Å². The number of hydrogen-bond acceptors (Lipinski definition) is 4. The highest BCUT2D eigenvalue weighted by Gasteiger charge is 2.42. The second-order valence-electron chi connectivity index (χ2n) is 5.40. The zero-order chi connectivity index (χ0) is 15.6. The van der Waals surface area contributed by atoms with Crippen LogP contribution in [0.5, 0.6) is 0 Å². The van der Waals surface area contributed by atoms with E-state index in [0.717, 1.165) is 12.8 Å². The fourth-order valence-electron chi connectivity index (χ4n) is 2.44. The number of hydrogen-bond donors (Lipinski definition) is 2. The molecule has 2 rings (SSSR count). The lowest BCUT2D eigenvalue weighted by atomic mass is 9.77. The van der Waals surface area contributed by atoms with Crippen LogP contribution in [0.1, 0.15) is 43.0 Å². The molecule has 0 atom stereocenters. The average Bonchev–Trinajstić information content (AvgIpc) is 2.44. The van der Waals surface area contributed by atoms with Crippen LogP contribution in [0, 0.1) is 5.92 Å². The van der Waals surface area contributed by atoms with Gasteiger partial charge in [0.25, 0.3) is 5.91 Å². The second-order valence-corrected chi connectivity index (χ2v) is 6.14. The molecule has 8 heteroatoms. The molecule has 114 valence electrons. The highest BCUT2D eigenvalue weighted by molar-refractivity contribution is 6.34. The Morgan fingerprint density at radius 3 is 2.52 bits per heavy atom. The van der Waals surface area contributed by atoms with E-state index in [0.29, 0.717) is 18.8 Å². The van der Waals surface area contributed by atoms with Gasteiger partial charge in [0.2, 0.25) is 0 Å². The molecule has 1 fully saturated rings. The van der Waals surface area contributed by atoms with E-state index in [1.54, 1.807) is 0 Å². The first kappa shape index (κ1) is 16.0. The Labute approximate surface area is 131 Å². The smallest absolute Gasteiger partial charge is 0.329 e. The van der Waals surface area contributed by atoms with E-state index >= 15 is 0 Å². The normalized spacial score (nSPS) is 25.4.